The van der Waals surface area contributed by atoms with E-state index < -0.39 is 0 Å². The Balaban J connectivity index is 0.00000133. The van der Waals surface area contributed by atoms with Crippen molar-refractivity contribution in [3.8, 4) is 0 Å². The second kappa shape index (κ2) is 5.97. The van der Waals surface area contributed by atoms with Crippen LogP contribution in [0.3, 0.4) is 0 Å². The third-order valence-electron chi connectivity index (χ3n) is 4.22. The number of carbonyl (C=O) groups is 1. The molecule has 2 fully saturated rings. The largest absolute Gasteiger partial charge is 0.326 e. The highest BCUT2D eigenvalue weighted by atomic mass is 127. The number of benzene rings is 1. The van der Waals surface area contributed by atoms with Gasteiger partial charge in [-0.3, -0.25) is 4.79 Å². The van der Waals surface area contributed by atoms with Gasteiger partial charge in [-0.15, -0.1) is 12.4 Å². The zero-order chi connectivity index (χ0) is 12.6. The third kappa shape index (κ3) is 3.23. The maximum absolute atomic E-state index is 12.2. The van der Waals surface area contributed by atoms with Crippen molar-refractivity contribution in [2.45, 2.75) is 19.3 Å². The van der Waals surface area contributed by atoms with Crippen molar-refractivity contribution in [3.63, 3.8) is 0 Å². The van der Waals surface area contributed by atoms with Gasteiger partial charge in [-0.2, -0.15) is 0 Å². The van der Waals surface area contributed by atoms with Crippen molar-refractivity contribution < 1.29 is 4.79 Å². The summed E-state index contributed by atoms with van der Waals surface area (Å²) in [6.45, 7) is 2.13. The van der Waals surface area contributed by atoms with Crippen LogP contribution in [0.5, 0.6) is 0 Å². The summed E-state index contributed by atoms with van der Waals surface area (Å²) in [6, 6.07) is 7.97. The van der Waals surface area contributed by atoms with Gasteiger partial charge in [-0.25, -0.2) is 0 Å². The fourth-order valence-electron chi connectivity index (χ4n) is 2.96. The summed E-state index contributed by atoms with van der Waals surface area (Å²) in [6.07, 6.45) is 3.38. The van der Waals surface area contributed by atoms with E-state index in [4.69, 9.17) is 0 Å². The molecule has 0 bridgehead atoms. The highest BCUT2D eigenvalue weighted by Crippen LogP contribution is 2.58. The Morgan fingerprint density at radius 2 is 1.89 bits per heavy atom. The highest BCUT2D eigenvalue weighted by molar-refractivity contribution is 14.1. The molecular weight excluding hydrogens is 375 g/mol. The second-order valence-corrected chi connectivity index (χ2v) is 6.61. The minimum atomic E-state index is 0. The number of piperidine rings is 1. The molecule has 1 atom stereocenters. The van der Waals surface area contributed by atoms with Crippen LogP contribution >= 0.6 is 35.0 Å². The summed E-state index contributed by atoms with van der Waals surface area (Å²) in [7, 11) is 0. The zero-order valence-electron chi connectivity index (χ0n) is 10.6. The van der Waals surface area contributed by atoms with E-state index in [0.717, 1.165) is 38.0 Å². The first-order valence-electron chi connectivity index (χ1n) is 6.47. The number of hydrogen-bond acceptors (Lipinski definition) is 2. The van der Waals surface area contributed by atoms with Gasteiger partial charge >= 0.3 is 0 Å². The van der Waals surface area contributed by atoms with Crippen LogP contribution in [-0.2, 0) is 4.79 Å². The van der Waals surface area contributed by atoms with Crippen LogP contribution < -0.4 is 10.6 Å². The molecule has 1 saturated heterocycles. The Morgan fingerprint density at radius 3 is 2.53 bits per heavy atom. The molecule has 1 heterocycles. The summed E-state index contributed by atoms with van der Waals surface area (Å²) in [5, 5.41) is 6.40. The number of halogens is 2. The normalized spacial score (nSPS) is 23.5. The van der Waals surface area contributed by atoms with Crippen molar-refractivity contribution in [2.75, 3.05) is 18.4 Å². The maximum atomic E-state index is 12.2. The fourth-order valence-corrected chi connectivity index (χ4v) is 3.32. The van der Waals surface area contributed by atoms with Gasteiger partial charge in [-0.1, -0.05) is 0 Å². The topological polar surface area (TPSA) is 41.1 Å². The molecule has 104 valence electrons. The highest BCUT2D eigenvalue weighted by Gasteiger charge is 2.57. The monoisotopic (exact) mass is 392 g/mol. The summed E-state index contributed by atoms with van der Waals surface area (Å²) in [4.78, 5) is 12.2. The van der Waals surface area contributed by atoms with Crippen LogP contribution in [0.1, 0.15) is 19.3 Å². The molecule has 1 aromatic carbocycles. The molecule has 1 unspecified atom stereocenters. The van der Waals surface area contributed by atoms with E-state index in [-0.39, 0.29) is 24.2 Å². The quantitative estimate of drug-likeness (QED) is 0.760. The van der Waals surface area contributed by atoms with E-state index >= 15 is 0 Å². The number of carbonyl (C=O) groups excluding carboxylic acids is 1. The fraction of sp³-hybridized carbons (Fsp3) is 0.500. The molecule has 1 aliphatic carbocycles. The smallest absolute Gasteiger partial charge is 0.228 e. The first kappa shape index (κ1) is 15.1. The van der Waals surface area contributed by atoms with Crippen molar-refractivity contribution >= 4 is 46.6 Å². The van der Waals surface area contributed by atoms with Crippen LogP contribution in [0.25, 0.3) is 0 Å². The maximum Gasteiger partial charge on any atom is 0.228 e. The van der Waals surface area contributed by atoms with Gasteiger partial charge in [0.05, 0.1) is 0 Å². The van der Waals surface area contributed by atoms with Crippen LogP contribution in [0.2, 0.25) is 0 Å². The molecular formula is C14H18ClIN2O. The van der Waals surface area contributed by atoms with E-state index in [9.17, 15) is 4.79 Å². The summed E-state index contributed by atoms with van der Waals surface area (Å²) in [5.74, 6) is 0.442. The number of nitrogens with one attached hydrogen (secondary N) is 2. The van der Waals surface area contributed by atoms with Crippen LogP contribution in [0, 0.1) is 14.9 Å². The van der Waals surface area contributed by atoms with Crippen LogP contribution in [-0.4, -0.2) is 19.0 Å². The predicted molar refractivity (Wildman–Crippen MR) is 87.7 cm³/mol. The molecule has 2 aliphatic rings. The third-order valence-corrected chi connectivity index (χ3v) is 4.94. The van der Waals surface area contributed by atoms with E-state index in [1.807, 2.05) is 24.3 Å². The molecule has 3 nitrogen and oxygen atoms in total. The van der Waals surface area contributed by atoms with Crippen molar-refractivity contribution in [1.29, 1.82) is 0 Å². The first-order valence-corrected chi connectivity index (χ1v) is 7.55. The number of amides is 1. The molecule has 1 amide bonds. The average molecular weight is 393 g/mol. The van der Waals surface area contributed by atoms with Gasteiger partial charge in [0.2, 0.25) is 5.91 Å². The summed E-state index contributed by atoms with van der Waals surface area (Å²) >= 11 is 2.27. The number of anilines is 1. The number of rotatable bonds is 2. The molecule has 19 heavy (non-hydrogen) atoms. The minimum Gasteiger partial charge on any atom is -0.326 e. The molecule has 3 rings (SSSR count). The molecule has 1 saturated carbocycles. The molecule has 2 N–H and O–H groups in total. The number of hydrogen-bond donors (Lipinski definition) is 2. The lowest BCUT2D eigenvalue weighted by Gasteiger charge is -2.23. The first-order chi connectivity index (χ1) is 8.70. The lowest BCUT2D eigenvalue weighted by molar-refractivity contribution is -0.118. The van der Waals surface area contributed by atoms with Crippen LogP contribution in [0.15, 0.2) is 24.3 Å². The van der Waals surface area contributed by atoms with Gasteiger partial charge in [0.25, 0.3) is 0 Å². The summed E-state index contributed by atoms with van der Waals surface area (Å²) < 4.78 is 1.19. The molecule has 0 radical (unpaired) electrons. The zero-order valence-corrected chi connectivity index (χ0v) is 13.6. The van der Waals surface area contributed by atoms with E-state index in [1.165, 1.54) is 3.57 Å². The molecule has 1 spiro atoms. The molecule has 5 heteroatoms. The molecule has 1 aliphatic heterocycles. The van der Waals surface area contributed by atoms with Gasteiger partial charge in [0.15, 0.2) is 0 Å². The van der Waals surface area contributed by atoms with E-state index in [1.54, 1.807) is 0 Å². The lowest BCUT2D eigenvalue weighted by Crippen LogP contribution is -2.31. The average Bonchev–Trinajstić information content (AvgIpc) is 3.07. The van der Waals surface area contributed by atoms with Crippen molar-refractivity contribution in [2.24, 2.45) is 11.3 Å². The lowest BCUT2D eigenvalue weighted by atomic mass is 9.92. The van der Waals surface area contributed by atoms with Gasteiger partial charge in [0, 0.05) is 15.2 Å². The van der Waals surface area contributed by atoms with Crippen molar-refractivity contribution in [1.82, 2.24) is 5.32 Å². The SMILES string of the molecule is Cl.O=C(Nc1ccc(I)cc1)C1CC12CCNCC2. The van der Waals surface area contributed by atoms with Gasteiger partial charge < -0.3 is 10.6 Å². The molecule has 0 aromatic heterocycles. The predicted octanol–water partition coefficient (Wildman–Crippen LogP) is 3.04. The minimum absolute atomic E-state index is 0. The Hall–Kier alpha value is -0.330. The standard InChI is InChI=1S/C14H17IN2O.ClH/c15-10-1-3-11(4-2-10)17-13(18)12-9-14(12)5-7-16-8-6-14;/h1-4,12,16H,5-9H2,(H,17,18);1H. The van der Waals surface area contributed by atoms with E-state index in [0.29, 0.717) is 5.41 Å². The Kier molecular flexibility index (Phi) is 4.74. The Labute approximate surface area is 133 Å². The molecule has 1 aromatic rings. The van der Waals surface area contributed by atoms with E-state index in [2.05, 4.69) is 33.2 Å². The van der Waals surface area contributed by atoms with Gasteiger partial charge in [-0.05, 0) is 84.6 Å². The Bertz CT molecular complexity index is 457. The summed E-state index contributed by atoms with van der Waals surface area (Å²) in [5.41, 5.74) is 1.23. The second-order valence-electron chi connectivity index (χ2n) is 5.37. The van der Waals surface area contributed by atoms with Crippen molar-refractivity contribution in [3.05, 3.63) is 27.8 Å². The van der Waals surface area contributed by atoms with Gasteiger partial charge in [0.1, 0.15) is 0 Å². The van der Waals surface area contributed by atoms with Crippen LogP contribution in [0.4, 0.5) is 5.69 Å². The Morgan fingerprint density at radius 1 is 1.26 bits per heavy atom.